The quantitative estimate of drug-likeness (QED) is 0.552. The van der Waals surface area contributed by atoms with Gasteiger partial charge in [-0.1, -0.05) is 39.0 Å². The number of hydrogen-bond acceptors (Lipinski definition) is 6. The van der Waals surface area contributed by atoms with E-state index in [1.165, 1.54) is 18.4 Å². The van der Waals surface area contributed by atoms with Gasteiger partial charge in [-0.25, -0.2) is 4.79 Å². The highest BCUT2D eigenvalue weighted by Gasteiger charge is 2.34. The van der Waals surface area contributed by atoms with Gasteiger partial charge in [-0.3, -0.25) is 10.2 Å². The molecule has 1 unspecified atom stereocenters. The van der Waals surface area contributed by atoms with Crippen LogP contribution in [-0.2, 0) is 17.6 Å². The number of rotatable bonds is 3. The SMILES string of the molecule is COC(=O)c1c(NC(=O)c2cc3ccccc3oc2=N)sc2c1CCC(C(C)(C)C)C2. The highest BCUT2D eigenvalue weighted by molar-refractivity contribution is 7.17. The summed E-state index contributed by atoms with van der Waals surface area (Å²) in [5.74, 6) is -0.418. The average molecular weight is 439 g/mol. The normalized spacial score (nSPS) is 16.1. The van der Waals surface area contributed by atoms with Gasteiger partial charge in [0.15, 0.2) is 0 Å². The van der Waals surface area contributed by atoms with Crippen molar-refractivity contribution >= 4 is 39.2 Å². The van der Waals surface area contributed by atoms with Crippen LogP contribution in [0, 0.1) is 16.7 Å². The maximum atomic E-state index is 13.0. The second kappa shape index (κ2) is 7.96. The third-order valence-electron chi connectivity index (χ3n) is 6.03. The molecule has 0 saturated carbocycles. The maximum Gasteiger partial charge on any atom is 0.341 e. The fourth-order valence-electron chi connectivity index (χ4n) is 4.15. The Labute approximate surface area is 184 Å². The number of para-hydroxylation sites is 1. The van der Waals surface area contributed by atoms with Crippen LogP contribution in [0.25, 0.3) is 11.0 Å². The summed E-state index contributed by atoms with van der Waals surface area (Å²) in [6.45, 7) is 6.71. The lowest BCUT2D eigenvalue weighted by atomic mass is 9.72. The van der Waals surface area contributed by atoms with E-state index >= 15 is 0 Å². The number of amides is 1. The summed E-state index contributed by atoms with van der Waals surface area (Å²) in [4.78, 5) is 26.7. The first-order valence-corrected chi connectivity index (χ1v) is 11.1. The first-order chi connectivity index (χ1) is 14.7. The highest BCUT2D eigenvalue weighted by atomic mass is 32.1. The molecule has 0 saturated heterocycles. The number of hydrogen-bond donors (Lipinski definition) is 2. The number of carbonyl (C=O) groups is 2. The molecule has 0 fully saturated rings. The molecule has 1 aromatic carbocycles. The van der Waals surface area contributed by atoms with Crippen molar-refractivity contribution in [1.82, 2.24) is 0 Å². The standard InChI is InChI=1S/C24H26N2O4S/c1-24(2,3)14-9-10-15-18(12-14)31-22(19(15)23(28)29-4)26-21(27)16-11-13-7-5-6-8-17(13)30-20(16)25/h5-8,11,14,25H,9-10,12H2,1-4H3,(H,26,27). The lowest BCUT2D eigenvalue weighted by Crippen LogP contribution is -2.26. The van der Waals surface area contributed by atoms with E-state index in [0.29, 0.717) is 22.1 Å². The third-order valence-corrected chi connectivity index (χ3v) is 7.20. The van der Waals surface area contributed by atoms with Crippen LogP contribution in [0.4, 0.5) is 5.00 Å². The van der Waals surface area contributed by atoms with Crippen LogP contribution in [0.1, 0.15) is 58.3 Å². The van der Waals surface area contributed by atoms with Gasteiger partial charge in [-0.05, 0) is 48.3 Å². The summed E-state index contributed by atoms with van der Waals surface area (Å²) >= 11 is 1.43. The topological polar surface area (TPSA) is 92.4 Å². The smallest absolute Gasteiger partial charge is 0.341 e. The van der Waals surface area contributed by atoms with Gasteiger partial charge in [0.2, 0.25) is 5.55 Å². The first kappa shape index (κ1) is 21.3. The molecule has 3 aromatic rings. The molecule has 1 aliphatic carbocycles. The summed E-state index contributed by atoms with van der Waals surface area (Å²) in [6, 6.07) is 8.87. The van der Waals surface area contributed by atoms with Crippen LogP contribution in [0.15, 0.2) is 34.7 Å². The zero-order valence-electron chi connectivity index (χ0n) is 18.1. The Balaban J connectivity index is 1.71. The van der Waals surface area contributed by atoms with E-state index in [0.717, 1.165) is 35.1 Å². The minimum atomic E-state index is -0.476. The monoisotopic (exact) mass is 438 g/mol. The van der Waals surface area contributed by atoms with Crippen molar-refractivity contribution < 1.29 is 18.7 Å². The summed E-state index contributed by atoms with van der Waals surface area (Å²) in [7, 11) is 1.35. The van der Waals surface area contributed by atoms with Crippen LogP contribution >= 0.6 is 11.3 Å². The second-order valence-electron chi connectivity index (χ2n) is 8.99. The third kappa shape index (κ3) is 4.02. The number of fused-ring (bicyclic) bond motifs is 2. The molecule has 1 atom stereocenters. The maximum absolute atomic E-state index is 13.0. The fourth-order valence-corrected chi connectivity index (χ4v) is 5.46. The zero-order chi connectivity index (χ0) is 22.3. The Morgan fingerprint density at radius 3 is 2.71 bits per heavy atom. The first-order valence-electron chi connectivity index (χ1n) is 10.3. The average Bonchev–Trinajstić information content (AvgIpc) is 3.08. The van der Waals surface area contributed by atoms with Gasteiger partial charge in [0.05, 0.1) is 12.7 Å². The number of nitrogens with one attached hydrogen (secondary N) is 2. The molecule has 1 aliphatic rings. The molecule has 2 N–H and O–H groups in total. The molecule has 7 heteroatoms. The molecule has 4 rings (SSSR count). The number of thiophene rings is 1. The molecule has 6 nitrogen and oxygen atoms in total. The summed E-state index contributed by atoms with van der Waals surface area (Å²) in [5.41, 5.74) is 2.02. The molecule has 0 bridgehead atoms. The molecule has 0 spiro atoms. The lowest BCUT2D eigenvalue weighted by Gasteiger charge is -2.33. The van der Waals surface area contributed by atoms with Gasteiger partial charge in [0.1, 0.15) is 16.1 Å². The molecular formula is C24H26N2O4S. The summed E-state index contributed by atoms with van der Waals surface area (Å²) in [6.07, 6.45) is 2.65. The highest BCUT2D eigenvalue weighted by Crippen LogP contribution is 2.44. The predicted octanol–water partition coefficient (Wildman–Crippen LogP) is 5.16. The fraction of sp³-hybridized carbons (Fsp3) is 0.375. The summed E-state index contributed by atoms with van der Waals surface area (Å²) < 4.78 is 10.5. The Hall–Kier alpha value is -2.93. The number of anilines is 1. The number of esters is 1. The molecular weight excluding hydrogens is 412 g/mol. The van der Waals surface area contributed by atoms with Gasteiger partial charge < -0.3 is 14.5 Å². The van der Waals surface area contributed by atoms with Crippen LogP contribution < -0.4 is 10.9 Å². The van der Waals surface area contributed by atoms with E-state index in [9.17, 15) is 9.59 Å². The van der Waals surface area contributed by atoms with Crippen molar-refractivity contribution in [3.05, 3.63) is 57.5 Å². The number of ether oxygens (including phenoxy) is 1. The Morgan fingerprint density at radius 1 is 1.26 bits per heavy atom. The van der Waals surface area contributed by atoms with Crippen molar-refractivity contribution in [2.24, 2.45) is 11.3 Å². The van der Waals surface area contributed by atoms with Crippen LogP contribution in [-0.4, -0.2) is 19.0 Å². The number of methoxy groups -OCH3 is 1. The molecule has 0 radical (unpaired) electrons. The van der Waals surface area contributed by atoms with Gasteiger partial charge in [-0.2, -0.15) is 0 Å². The summed E-state index contributed by atoms with van der Waals surface area (Å²) in [5, 5.41) is 12.2. The van der Waals surface area contributed by atoms with E-state index in [2.05, 4.69) is 26.1 Å². The van der Waals surface area contributed by atoms with Gasteiger partial charge >= 0.3 is 5.97 Å². The molecule has 1 amide bonds. The van der Waals surface area contributed by atoms with Gasteiger partial charge in [0, 0.05) is 10.3 Å². The predicted molar refractivity (Wildman–Crippen MR) is 121 cm³/mol. The van der Waals surface area contributed by atoms with E-state index in [4.69, 9.17) is 14.6 Å². The van der Waals surface area contributed by atoms with E-state index in [-0.39, 0.29) is 16.5 Å². The van der Waals surface area contributed by atoms with Crippen molar-refractivity contribution in [2.45, 2.75) is 40.0 Å². The molecule has 0 aliphatic heterocycles. The molecule has 31 heavy (non-hydrogen) atoms. The number of carbonyl (C=O) groups excluding carboxylic acids is 2. The van der Waals surface area contributed by atoms with E-state index < -0.39 is 11.9 Å². The van der Waals surface area contributed by atoms with E-state index in [1.54, 1.807) is 12.1 Å². The van der Waals surface area contributed by atoms with Crippen LogP contribution in [0.5, 0.6) is 0 Å². The van der Waals surface area contributed by atoms with Gasteiger partial charge in [0.25, 0.3) is 5.91 Å². The van der Waals surface area contributed by atoms with Crippen molar-refractivity contribution in [1.29, 1.82) is 5.41 Å². The molecule has 2 heterocycles. The van der Waals surface area contributed by atoms with Crippen LogP contribution in [0.2, 0.25) is 0 Å². The van der Waals surface area contributed by atoms with E-state index in [1.807, 2.05) is 18.2 Å². The molecule has 162 valence electrons. The van der Waals surface area contributed by atoms with Crippen molar-refractivity contribution in [2.75, 3.05) is 12.4 Å². The second-order valence-corrected chi connectivity index (χ2v) is 10.1. The Kier molecular flexibility index (Phi) is 5.47. The number of benzene rings is 1. The zero-order valence-corrected chi connectivity index (χ0v) is 18.9. The lowest BCUT2D eigenvalue weighted by molar-refractivity contribution is 0.0600. The minimum absolute atomic E-state index is 0.119. The van der Waals surface area contributed by atoms with Crippen molar-refractivity contribution in [3.8, 4) is 0 Å². The van der Waals surface area contributed by atoms with Crippen LogP contribution in [0.3, 0.4) is 0 Å². The van der Waals surface area contributed by atoms with Gasteiger partial charge in [-0.15, -0.1) is 11.3 Å². The minimum Gasteiger partial charge on any atom is -0.465 e. The Morgan fingerprint density at radius 2 is 2.00 bits per heavy atom. The largest absolute Gasteiger partial charge is 0.465 e. The Bertz CT molecular complexity index is 1230. The van der Waals surface area contributed by atoms with Crippen molar-refractivity contribution in [3.63, 3.8) is 0 Å². The molecule has 2 aromatic heterocycles.